The molecule has 0 spiro atoms. The topological polar surface area (TPSA) is 73.4 Å². The van der Waals surface area contributed by atoms with Gasteiger partial charge < -0.3 is 15.4 Å². The minimum Gasteiger partial charge on any atom is -0.497 e. The Bertz CT molecular complexity index is 950. The molecule has 144 valence electrons. The first-order chi connectivity index (χ1) is 13.6. The molecule has 1 aliphatic heterocycles. The van der Waals surface area contributed by atoms with Crippen molar-refractivity contribution in [2.24, 2.45) is 5.73 Å². The quantitative estimate of drug-likeness (QED) is 0.743. The number of likely N-dealkylation sites (tertiary alicyclic amines) is 1. The summed E-state index contributed by atoms with van der Waals surface area (Å²) in [6, 6.07) is 17.8. The van der Waals surface area contributed by atoms with Crippen molar-refractivity contribution >= 4 is 5.91 Å². The third-order valence-corrected chi connectivity index (χ3v) is 5.05. The molecule has 0 radical (unpaired) electrons. The van der Waals surface area contributed by atoms with Crippen LogP contribution in [-0.4, -0.2) is 46.8 Å². The van der Waals surface area contributed by atoms with Crippen molar-refractivity contribution in [3.05, 3.63) is 71.9 Å². The molecule has 1 atom stereocenters. The number of hydrogen-bond acceptors (Lipinski definition) is 4. The minimum atomic E-state index is -0.0157. The van der Waals surface area contributed by atoms with Crippen molar-refractivity contribution in [3.63, 3.8) is 0 Å². The molecule has 2 heterocycles. The maximum atomic E-state index is 13.2. The summed E-state index contributed by atoms with van der Waals surface area (Å²) < 4.78 is 7.08. The average molecular weight is 376 g/mol. The third kappa shape index (κ3) is 3.77. The number of benzene rings is 2. The van der Waals surface area contributed by atoms with Crippen molar-refractivity contribution in [1.29, 1.82) is 0 Å². The van der Waals surface area contributed by atoms with Crippen LogP contribution < -0.4 is 10.5 Å². The molecule has 6 nitrogen and oxygen atoms in total. The predicted molar refractivity (Wildman–Crippen MR) is 108 cm³/mol. The van der Waals surface area contributed by atoms with Crippen LogP contribution in [0.25, 0.3) is 11.3 Å². The summed E-state index contributed by atoms with van der Waals surface area (Å²) in [6.07, 6.45) is 2.68. The Hall–Kier alpha value is -3.12. The summed E-state index contributed by atoms with van der Waals surface area (Å²) in [5, 5.41) is 4.74. The number of aromatic nitrogens is 2. The van der Waals surface area contributed by atoms with Gasteiger partial charge in [-0.15, -0.1) is 0 Å². The predicted octanol–water partition coefficient (Wildman–Crippen LogP) is 2.78. The molecule has 1 amide bonds. The number of hydrogen-bond donors (Lipinski definition) is 1. The number of carbonyl (C=O) groups excluding carboxylic acids is 1. The molecule has 4 rings (SSSR count). The van der Waals surface area contributed by atoms with Gasteiger partial charge in [-0.2, -0.15) is 5.10 Å². The zero-order valence-electron chi connectivity index (χ0n) is 15.9. The second-order valence-electron chi connectivity index (χ2n) is 7.10. The number of nitrogens with zero attached hydrogens (tertiary/aromatic N) is 3. The summed E-state index contributed by atoms with van der Waals surface area (Å²) in [7, 11) is 1.63. The highest BCUT2D eigenvalue weighted by Gasteiger charge is 2.28. The summed E-state index contributed by atoms with van der Waals surface area (Å²) in [4.78, 5) is 15.0. The van der Waals surface area contributed by atoms with Crippen LogP contribution in [0.4, 0.5) is 0 Å². The smallest absolute Gasteiger partial charge is 0.257 e. The van der Waals surface area contributed by atoms with E-state index in [1.165, 1.54) is 0 Å². The lowest BCUT2D eigenvalue weighted by atomic mass is 10.1. The zero-order valence-corrected chi connectivity index (χ0v) is 15.9. The fourth-order valence-corrected chi connectivity index (χ4v) is 3.53. The van der Waals surface area contributed by atoms with Crippen molar-refractivity contribution in [2.75, 3.05) is 20.2 Å². The second kappa shape index (κ2) is 7.86. The standard InChI is InChI=1S/C22H24N4O2/c1-28-19-9-7-17(8-10-19)21-20(22(27)25-12-11-18(23)14-25)15-26(24-21)13-16-5-3-2-4-6-16/h2-10,15,18H,11-14,23H2,1H3/t18-/m1/s1. The van der Waals surface area contributed by atoms with Crippen molar-refractivity contribution < 1.29 is 9.53 Å². The van der Waals surface area contributed by atoms with Crippen LogP contribution in [0.3, 0.4) is 0 Å². The molecule has 1 saturated heterocycles. The van der Waals surface area contributed by atoms with E-state index in [1.807, 2.05) is 58.2 Å². The van der Waals surface area contributed by atoms with Gasteiger partial charge in [-0.05, 0) is 36.2 Å². The van der Waals surface area contributed by atoms with E-state index in [9.17, 15) is 4.79 Å². The van der Waals surface area contributed by atoms with Gasteiger partial charge in [0, 0.05) is 30.9 Å². The molecule has 28 heavy (non-hydrogen) atoms. The van der Waals surface area contributed by atoms with Gasteiger partial charge in [0.25, 0.3) is 5.91 Å². The average Bonchev–Trinajstić information content (AvgIpc) is 3.35. The summed E-state index contributed by atoms with van der Waals surface area (Å²) in [5.74, 6) is 0.754. The SMILES string of the molecule is COc1ccc(-c2nn(Cc3ccccc3)cc2C(=O)N2CC[C@@H](N)C2)cc1. The first-order valence-electron chi connectivity index (χ1n) is 9.44. The molecule has 0 aliphatic carbocycles. The highest BCUT2D eigenvalue weighted by atomic mass is 16.5. The number of nitrogens with two attached hydrogens (primary N) is 1. The summed E-state index contributed by atoms with van der Waals surface area (Å²) in [6.45, 7) is 1.88. The lowest BCUT2D eigenvalue weighted by molar-refractivity contribution is 0.0791. The van der Waals surface area contributed by atoms with Crippen LogP contribution in [0.5, 0.6) is 5.75 Å². The van der Waals surface area contributed by atoms with Crippen molar-refractivity contribution in [3.8, 4) is 17.0 Å². The zero-order chi connectivity index (χ0) is 19.5. The largest absolute Gasteiger partial charge is 0.497 e. The van der Waals surface area contributed by atoms with E-state index < -0.39 is 0 Å². The maximum Gasteiger partial charge on any atom is 0.257 e. The van der Waals surface area contributed by atoms with Crippen LogP contribution >= 0.6 is 0 Å². The van der Waals surface area contributed by atoms with Gasteiger partial charge in [-0.1, -0.05) is 30.3 Å². The Kier molecular flexibility index (Phi) is 5.12. The van der Waals surface area contributed by atoms with E-state index in [-0.39, 0.29) is 11.9 Å². The molecule has 2 aromatic carbocycles. The highest BCUT2D eigenvalue weighted by Crippen LogP contribution is 2.27. The molecular formula is C22H24N4O2. The Labute approximate surface area is 164 Å². The molecule has 0 saturated carbocycles. The first kappa shape index (κ1) is 18.3. The van der Waals surface area contributed by atoms with E-state index in [2.05, 4.69) is 12.1 Å². The van der Waals surface area contributed by atoms with E-state index in [4.69, 9.17) is 15.6 Å². The van der Waals surface area contributed by atoms with E-state index in [0.717, 1.165) is 23.3 Å². The van der Waals surface area contributed by atoms with Gasteiger partial charge in [0.2, 0.25) is 0 Å². The van der Waals surface area contributed by atoms with Crippen LogP contribution in [0.2, 0.25) is 0 Å². The molecule has 0 unspecified atom stereocenters. The Morgan fingerprint density at radius 2 is 1.93 bits per heavy atom. The van der Waals surface area contributed by atoms with Crippen LogP contribution in [0.15, 0.2) is 60.8 Å². The monoisotopic (exact) mass is 376 g/mol. The molecule has 1 aliphatic rings. The molecule has 1 aromatic heterocycles. The first-order valence-corrected chi connectivity index (χ1v) is 9.44. The Balaban J connectivity index is 1.70. The molecule has 6 heteroatoms. The molecule has 2 N–H and O–H groups in total. The van der Waals surface area contributed by atoms with Gasteiger partial charge in [-0.3, -0.25) is 9.48 Å². The summed E-state index contributed by atoms with van der Waals surface area (Å²) >= 11 is 0. The number of carbonyl (C=O) groups is 1. The number of methoxy groups -OCH3 is 1. The Morgan fingerprint density at radius 3 is 2.57 bits per heavy atom. The van der Waals surface area contributed by atoms with Crippen molar-refractivity contribution in [1.82, 2.24) is 14.7 Å². The normalized spacial score (nSPS) is 16.4. The van der Waals surface area contributed by atoms with Crippen LogP contribution in [0, 0.1) is 0 Å². The van der Waals surface area contributed by atoms with Gasteiger partial charge in [0.05, 0.1) is 19.2 Å². The molecule has 3 aromatic rings. The number of amides is 1. The summed E-state index contributed by atoms with van der Waals surface area (Å²) in [5.41, 5.74) is 9.31. The maximum absolute atomic E-state index is 13.2. The number of rotatable bonds is 5. The minimum absolute atomic E-state index is 0.0157. The van der Waals surface area contributed by atoms with Gasteiger partial charge in [-0.25, -0.2) is 0 Å². The van der Waals surface area contributed by atoms with Crippen LogP contribution in [0.1, 0.15) is 22.3 Å². The van der Waals surface area contributed by atoms with Crippen molar-refractivity contribution in [2.45, 2.75) is 19.0 Å². The fraction of sp³-hybridized carbons (Fsp3) is 0.273. The van der Waals surface area contributed by atoms with E-state index in [1.54, 1.807) is 7.11 Å². The molecular weight excluding hydrogens is 352 g/mol. The van der Waals surface area contributed by atoms with Gasteiger partial charge >= 0.3 is 0 Å². The number of ether oxygens (including phenoxy) is 1. The third-order valence-electron chi connectivity index (χ3n) is 5.05. The highest BCUT2D eigenvalue weighted by molar-refractivity contribution is 6.00. The van der Waals surface area contributed by atoms with Crippen LogP contribution in [-0.2, 0) is 6.54 Å². The lowest BCUT2D eigenvalue weighted by Gasteiger charge is -2.15. The van der Waals surface area contributed by atoms with Gasteiger partial charge in [0.15, 0.2) is 0 Å². The molecule has 0 bridgehead atoms. The van der Waals surface area contributed by atoms with E-state index in [0.29, 0.717) is 30.9 Å². The van der Waals surface area contributed by atoms with E-state index >= 15 is 0 Å². The van der Waals surface area contributed by atoms with Gasteiger partial charge in [0.1, 0.15) is 11.4 Å². The molecule has 1 fully saturated rings. The second-order valence-corrected chi connectivity index (χ2v) is 7.10. The fourth-order valence-electron chi connectivity index (χ4n) is 3.53. The lowest BCUT2D eigenvalue weighted by Crippen LogP contribution is -2.32. The Morgan fingerprint density at radius 1 is 1.18 bits per heavy atom.